The number of nitrogens with one attached hydrogen (secondary N) is 1. The number of carbonyl (C=O) groups excluding carboxylic acids is 2. The average molecular weight is 744 g/mol. The van der Waals surface area contributed by atoms with E-state index in [1.54, 1.807) is 30.3 Å². The van der Waals surface area contributed by atoms with Crippen LogP contribution in [0.1, 0.15) is 52.9 Å². The molecule has 7 rings (SSSR count). The van der Waals surface area contributed by atoms with Gasteiger partial charge in [0.15, 0.2) is 0 Å². The lowest BCUT2D eigenvalue weighted by Gasteiger charge is -2.44. The fourth-order valence-corrected chi connectivity index (χ4v) is 14.8. The lowest BCUT2D eigenvalue weighted by Crippen LogP contribution is -2.67. The summed E-state index contributed by atoms with van der Waals surface area (Å²) in [6.07, 6.45) is 3.72. The summed E-state index contributed by atoms with van der Waals surface area (Å²) in [6.45, 7) is 7.75. The smallest absolute Gasteiger partial charge is 0.261 e. The Labute approximate surface area is 307 Å². The maximum absolute atomic E-state index is 14.0. The molecule has 1 N–H and O–H groups in total. The number of sulfonamides is 1. The first kappa shape index (κ1) is 35.8. The van der Waals surface area contributed by atoms with Crippen LogP contribution >= 0.6 is 11.6 Å². The number of amides is 2. The molecule has 51 heavy (non-hydrogen) atoms. The maximum atomic E-state index is 14.0. The summed E-state index contributed by atoms with van der Waals surface area (Å²) in [4.78, 5) is 31.3. The van der Waals surface area contributed by atoms with Crippen LogP contribution in [-0.4, -0.2) is 76.2 Å². The van der Waals surface area contributed by atoms with Gasteiger partial charge in [0.2, 0.25) is 21.8 Å². The fourth-order valence-electron chi connectivity index (χ4n) is 8.74. The molecule has 4 aromatic rings. The third kappa shape index (κ3) is 6.89. The molecule has 0 aliphatic carbocycles. The first-order valence-electron chi connectivity index (χ1n) is 17.9. The SMILES string of the molecule is CC(C)(C)[Si](OC[C@H]1C[C@@H]2CC[C@H]1N2C(=O)CN1CCC[C@H](NS(=O)(=O)c2ccc3cc(Cl)ccc3c2)C1=O)(c1ccccc1)c1ccccc1. The number of hydrogen-bond acceptors (Lipinski definition) is 5. The Morgan fingerprint density at radius 2 is 1.55 bits per heavy atom. The number of piperidine rings is 1. The van der Waals surface area contributed by atoms with E-state index in [0.29, 0.717) is 31.0 Å². The second kappa shape index (κ2) is 14.1. The predicted molar refractivity (Wildman–Crippen MR) is 204 cm³/mol. The molecule has 3 saturated heterocycles. The fraction of sp³-hybridized carbons (Fsp3) is 0.400. The number of benzene rings is 4. The van der Waals surface area contributed by atoms with Crippen LogP contribution in [0.2, 0.25) is 10.1 Å². The first-order chi connectivity index (χ1) is 24.4. The van der Waals surface area contributed by atoms with Crippen molar-refractivity contribution in [1.29, 1.82) is 0 Å². The molecule has 11 heteroatoms. The Kier molecular flexibility index (Phi) is 9.92. The van der Waals surface area contributed by atoms with Crippen molar-refractivity contribution in [2.24, 2.45) is 5.92 Å². The Morgan fingerprint density at radius 1 is 0.902 bits per heavy atom. The molecule has 3 heterocycles. The highest BCUT2D eigenvalue weighted by Crippen LogP contribution is 2.44. The molecule has 0 aromatic heterocycles. The van der Waals surface area contributed by atoms with Crippen LogP contribution in [0.3, 0.4) is 0 Å². The Bertz CT molecular complexity index is 1980. The predicted octanol–water partition coefficient (Wildman–Crippen LogP) is 5.72. The van der Waals surface area contributed by atoms with Crippen molar-refractivity contribution >= 4 is 62.9 Å². The van der Waals surface area contributed by atoms with Gasteiger partial charge in [-0.3, -0.25) is 9.59 Å². The summed E-state index contributed by atoms with van der Waals surface area (Å²) in [6, 6.07) is 30.5. The van der Waals surface area contributed by atoms with Crippen LogP contribution in [-0.2, 0) is 24.0 Å². The molecule has 2 bridgehead atoms. The van der Waals surface area contributed by atoms with Gasteiger partial charge in [-0.05, 0) is 82.6 Å². The van der Waals surface area contributed by atoms with E-state index >= 15 is 0 Å². The second-order valence-electron chi connectivity index (χ2n) is 15.3. The highest BCUT2D eigenvalue weighted by atomic mass is 35.5. The van der Waals surface area contributed by atoms with Crippen LogP contribution in [0.25, 0.3) is 10.8 Å². The van der Waals surface area contributed by atoms with E-state index in [9.17, 15) is 18.0 Å². The minimum atomic E-state index is -3.98. The van der Waals surface area contributed by atoms with E-state index in [-0.39, 0.29) is 46.3 Å². The third-order valence-electron chi connectivity index (χ3n) is 11.1. The largest absolute Gasteiger partial charge is 0.407 e. The van der Waals surface area contributed by atoms with Crippen molar-refractivity contribution in [2.45, 2.75) is 80.9 Å². The normalized spacial score (nSPS) is 22.5. The van der Waals surface area contributed by atoms with Gasteiger partial charge in [0.05, 0.1) is 11.4 Å². The van der Waals surface area contributed by atoms with Crippen LogP contribution < -0.4 is 15.1 Å². The van der Waals surface area contributed by atoms with Crippen molar-refractivity contribution in [1.82, 2.24) is 14.5 Å². The van der Waals surface area contributed by atoms with E-state index in [4.69, 9.17) is 16.0 Å². The van der Waals surface area contributed by atoms with Gasteiger partial charge in [-0.1, -0.05) is 105 Å². The van der Waals surface area contributed by atoms with Gasteiger partial charge in [0.1, 0.15) is 6.04 Å². The molecule has 0 radical (unpaired) electrons. The molecular weight excluding hydrogens is 698 g/mol. The van der Waals surface area contributed by atoms with E-state index in [1.165, 1.54) is 21.3 Å². The lowest BCUT2D eigenvalue weighted by molar-refractivity contribution is -0.143. The van der Waals surface area contributed by atoms with Gasteiger partial charge in [-0.15, -0.1) is 0 Å². The van der Waals surface area contributed by atoms with Gasteiger partial charge in [0.25, 0.3) is 8.32 Å². The number of halogens is 1. The minimum Gasteiger partial charge on any atom is -0.407 e. The number of carbonyl (C=O) groups is 2. The first-order valence-corrected chi connectivity index (χ1v) is 21.7. The van der Waals surface area contributed by atoms with Gasteiger partial charge in [0, 0.05) is 36.2 Å². The zero-order valence-electron chi connectivity index (χ0n) is 29.4. The van der Waals surface area contributed by atoms with Crippen LogP contribution in [0.5, 0.6) is 0 Å². The Balaban J connectivity index is 1.03. The minimum absolute atomic E-state index is 0.0525. The summed E-state index contributed by atoms with van der Waals surface area (Å²) in [5, 5.41) is 4.46. The summed E-state index contributed by atoms with van der Waals surface area (Å²) < 4.78 is 36.7. The summed E-state index contributed by atoms with van der Waals surface area (Å²) in [7, 11) is -6.71. The van der Waals surface area contributed by atoms with E-state index in [1.807, 2.05) is 17.0 Å². The zero-order chi connectivity index (χ0) is 36.0. The number of nitrogens with zero attached hydrogens (tertiary/aromatic N) is 2. The summed E-state index contributed by atoms with van der Waals surface area (Å²) in [5.41, 5.74) is 0. The molecule has 4 atom stereocenters. The van der Waals surface area contributed by atoms with Crippen molar-refractivity contribution in [3.05, 3.63) is 102 Å². The number of fused-ring (bicyclic) bond motifs is 3. The van der Waals surface area contributed by atoms with Gasteiger partial charge < -0.3 is 14.2 Å². The molecule has 8 nitrogen and oxygen atoms in total. The molecule has 3 aliphatic rings. The van der Waals surface area contributed by atoms with Gasteiger partial charge in [-0.2, -0.15) is 4.72 Å². The number of likely N-dealkylation sites (tertiary alicyclic amines) is 1. The van der Waals surface area contributed by atoms with E-state index in [2.05, 4.69) is 74.0 Å². The Hall–Kier alpha value is -3.54. The molecule has 0 saturated carbocycles. The zero-order valence-corrected chi connectivity index (χ0v) is 32.0. The quantitative estimate of drug-likeness (QED) is 0.210. The Morgan fingerprint density at radius 3 is 2.22 bits per heavy atom. The van der Waals surface area contributed by atoms with Crippen molar-refractivity contribution in [2.75, 3.05) is 19.7 Å². The van der Waals surface area contributed by atoms with Crippen LogP contribution in [0.15, 0.2) is 102 Å². The summed E-state index contributed by atoms with van der Waals surface area (Å²) >= 11 is 6.09. The lowest BCUT2D eigenvalue weighted by atomic mass is 9.90. The molecular formula is C40H46ClN3O5SSi. The monoisotopic (exact) mass is 743 g/mol. The molecule has 3 aliphatic heterocycles. The molecule has 0 spiro atoms. The van der Waals surface area contributed by atoms with Crippen LogP contribution in [0, 0.1) is 5.92 Å². The molecule has 4 aromatic carbocycles. The van der Waals surface area contributed by atoms with Crippen molar-refractivity contribution in [3.8, 4) is 0 Å². The van der Waals surface area contributed by atoms with Gasteiger partial charge >= 0.3 is 0 Å². The average Bonchev–Trinajstić information content (AvgIpc) is 3.69. The number of hydrogen-bond donors (Lipinski definition) is 1. The standard InChI is InChI=1S/C40H46ClN3O5SSi/c1-40(2,3)51(34-11-6-4-7-12-34,35-13-8-5-9-14-35)49-27-30-24-32-19-21-37(30)44(32)38(45)26-43-22-10-15-36(39(43)46)42-50(47,48)33-20-17-28-23-31(41)18-16-29(28)25-33/h4-9,11-14,16-18,20,23,25,30,32,36-37,42H,10,15,19,21-22,24,26-27H2,1-3H3/t30-,32+,36+,37-/m1/s1. The second-order valence-corrected chi connectivity index (χ2v) is 21.8. The number of rotatable bonds is 10. The summed E-state index contributed by atoms with van der Waals surface area (Å²) in [5.74, 6) is -0.228. The van der Waals surface area contributed by atoms with Crippen molar-refractivity contribution < 1.29 is 22.4 Å². The topological polar surface area (TPSA) is 96.0 Å². The van der Waals surface area contributed by atoms with Crippen molar-refractivity contribution in [3.63, 3.8) is 0 Å². The molecule has 0 unspecified atom stereocenters. The van der Waals surface area contributed by atoms with Crippen LogP contribution in [0.4, 0.5) is 0 Å². The molecule has 3 fully saturated rings. The van der Waals surface area contributed by atoms with E-state index < -0.39 is 24.4 Å². The molecule has 2 amide bonds. The highest BCUT2D eigenvalue weighted by Gasteiger charge is 2.53. The van der Waals surface area contributed by atoms with E-state index in [0.717, 1.165) is 30.0 Å². The molecule has 268 valence electrons. The highest BCUT2D eigenvalue weighted by molar-refractivity contribution is 7.89. The van der Waals surface area contributed by atoms with Gasteiger partial charge in [-0.25, -0.2) is 8.42 Å². The third-order valence-corrected chi connectivity index (χ3v) is 17.8. The maximum Gasteiger partial charge on any atom is 0.261 e.